The smallest absolute Gasteiger partial charge is 0.110 e. The summed E-state index contributed by atoms with van der Waals surface area (Å²) in [6.45, 7) is 2.26. The van der Waals surface area contributed by atoms with Crippen molar-refractivity contribution in [3.63, 3.8) is 0 Å². The second-order valence-electron chi connectivity index (χ2n) is 5.04. The molecule has 1 saturated heterocycles. The number of nitriles is 1. The zero-order chi connectivity index (χ0) is 12.5. The Balaban J connectivity index is 1.91. The molecule has 92 valence electrons. The molecule has 0 saturated carbocycles. The summed E-state index contributed by atoms with van der Waals surface area (Å²) in [5.41, 5.74) is 2.62. The first-order chi connectivity index (χ1) is 8.76. The SMILES string of the molecule is CN1CCC(c2nc3ccc(C#N)cc3[nH]2)CC1. The highest BCUT2D eigenvalue weighted by molar-refractivity contribution is 5.76. The largest absolute Gasteiger partial charge is 0.342 e. The van der Waals surface area contributed by atoms with E-state index in [0.29, 0.717) is 11.5 Å². The molecule has 2 heterocycles. The van der Waals surface area contributed by atoms with Gasteiger partial charge in [-0.05, 0) is 51.2 Å². The van der Waals surface area contributed by atoms with Gasteiger partial charge in [0.05, 0.1) is 22.7 Å². The number of rotatable bonds is 1. The Labute approximate surface area is 106 Å². The molecule has 0 spiro atoms. The molecule has 1 aliphatic rings. The van der Waals surface area contributed by atoms with Crippen LogP contribution in [-0.2, 0) is 0 Å². The van der Waals surface area contributed by atoms with Crippen LogP contribution in [0.15, 0.2) is 18.2 Å². The summed E-state index contributed by atoms with van der Waals surface area (Å²) in [7, 11) is 2.16. The van der Waals surface area contributed by atoms with Gasteiger partial charge in [0.15, 0.2) is 0 Å². The van der Waals surface area contributed by atoms with Crippen LogP contribution in [-0.4, -0.2) is 35.0 Å². The summed E-state index contributed by atoms with van der Waals surface area (Å²) in [6, 6.07) is 7.78. The molecule has 1 fully saturated rings. The van der Waals surface area contributed by atoms with Crippen molar-refractivity contribution in [2.45, 2.75) is 18.8 Å². The summed E-state index contributed by atoms with van der Waals surface area (Å²) in [5, 5.41) is 8.89. The van der Waals surface area contributed by atoms with Crippen molar-refractivity contribution in [3.05, 3.63) is 29.6 Å². The predicted molar refractivity (Wildman–Crippen MR) is 70.3 cm³/mol. The zero-order valence-corrected chi connectivity index (χ0v) is 10.5. The minimum Gasteiger partial charge on any atom is -0.342 e. The summed E-state index contributed by atoms with van der Waals surface area (Å²) in [6.07, 6.45) is 2.31. The Hall–Kier alpha value is -1.86. The first kappa shape index (κ1) is 11.2. The lowest BCUT2D eigenvalue weighted by Crippen LogP contribution is -2.29. The first-order valence-corrected chi connectivity index (χ1v) is 6.34. The molecule has 1 aromatic heterocycles. The van der Waals surface area contributed by atoms with Gasteiger partial charge in [0.1, 0.15) is 5.82 Å². The quantitative estimate of drug-likeness (QED) is 0.831. The maximum Gasteiger partial charge on any atom is 0.110 e. The minimum atomic E-state index is 0.527. The molecule has 0 aliphatic carbocycles. The topological polar surface area (TPSA) is 55.7 Å². The molecular weight excluding hydrogens is 224 g/mol. The number of nitrogens with zero attached hydrogens (tertiary/aromatic N) is 3. The molecule has 3 rings (SSSR count). The van der Waals surface area contributed by atoms with E-state index in [1.807, 2.05) is 18.2 Å². The maximum absolute atomic E-state index is 8.89. The lowest BCUT2D eigenvalue weighted by molar-refractivity contribution is 0.252. The van der Waals surface area contributed by atoms with Crippen molar-refractivity contribution in [1.82, 2.24) is 14.9 Å². The average Bonchev–Trinajstić information content (AvgIpc) is 2.82. The van der Waals surface area contributed by atoms with E-state index < -0.39 is 0 Å². The fourth-order valence-electron chi connectivity index (χ4n) is 2.57. The molecule has 0 amide bonds. The fraction of sp³-hybridized carbons (Fsp3) is 0.429. The summed E-state index contributed by atoms with van der Waals surface area (Å²) < 4.78 is 0. The Morgan fingerprint density at radius 3 is 2.89 bits per heavy atom. The third-order valence-corrected chi connectivity index (χ3v) is 3.73. The molecule has 1 aliphatic heterocycles. The molecule has 1 N–H and O–H groups in total. The lowest BCUT2D eigenvalue weighted by Gasteiger charge is -2.27. The van der Waals surface area contributed by atoms with Crippen LogP contribution in [0.2, 0.25) is 0 Å². The van der Waals surface area contributed by atoms with E-state index >= 15 is 0 Å². The predicted octanol–water partition coefficient (Wildman–Crippen LogP) is 2.24. The number of likely N-dealkylation sites (tertiary alicyclic amines) is 1. The van der Waals surface area contributed by atoms with E-state index in [1.165, 1.54) is 0 Å². The van der Waals surface area contributed by atoms with E-state index in [4.69, 9.17) is 5.26 Å². The van der Waals surface area contributed by atoms with Crippen molar-refractivity contribution in [2.24, 2.45) is 0 Å². The van der Waals surface area contributed by atoms with Gasteiger partial charge < -0.3 is 9.88 Å². The van der Waals surface area contributed by atoms with Crippen molar-refractivity contribution < 1.29 is 0 Å². The van der Waals surface area contributed by atoms with E-state index in [1.54, 1.807) is 0 Å². The molecule has 1 aromatic carbocycles. The van der Waals surface area contributed by atoms with Crippen LogP contribution >= 0.6 is 0 Å². The van der Waals surface area contributed by atoms with Crippen LogP contribution in [0.25, 0.3) is 11.0 Å². The maximum atomic E-state index is 8.89. The fourth-order valence-corrected chi connectivity index (χ4v) is 2.57. The first-order valence-electron chi connectivity index (χ1n) is 6.34. The van der Waals surface area contributed by atoms with Crippen molar-refractivity contribution in [1.29, 1.82) is 5.26 Å². The second-order valence-corrected chi connectivity index (χ2v) is 5.04. The van der Waals surface area contributed by atoms with Gasteiger partial charge in [0.25, 0.3) is 0 Å². The molecule has 0 unspecified atom stereocenters. The Kier molecular flexibility index (Phi) is 2.77. The summed E-state index contributed by atoms with van der Waals surface area (Å²) >= 11 is 0. The number of nitrogens with one attached hydrogen (secondary N) is 1. The van der Waals surface area contributed by atoms with E-state index in [9.17, 15) is 0 Å². The van der Waals surface area contributed by atoms with Gasteiger partial charge in [0.2, 0.25) is 0 Å². The highest BCUT2D eigenvalue weighted by Crippen LogP contribution is 2.27. The number of hydrogen-bond donors (Lipinski definition) is 1. The highest BCUT2D eigenvalue weighted by Gasteiger charge is 2.21. The van der Waals surface area contributed by atoms with E-state index in [-0.39, 0.29) is 0 Å². The number of benzene rings is 1. The number of aromatic nitrogens is 2. The van der Waals surface area contributed by atoms with Gasteiger partial charge in [-0.1, -0.05) is 0 Å². The highest BCUT2D eigenvalue weighted by atomic mass is 15.1. The van der Waals surface area contributed by atoms with Gasteiger partial charge in [-0.25, -0.2) is 4.98 Å². The van der Waals surface area contributed by atoms with Gasteiger partial charge in [-0.15, -0.1) is 0 Å². The number of piperidine rings is 1. The zero-order valence-electron chi connectivity index (χ0n) is 10.5. The number of imidazole rings is 1. The number of H-pyrrole nitrogens is 1. The second kappa shape index (κ2) is 4.43. The third-order valence-electron chi connectivity index (χ3n) is 3.73. The Morgan fingerprint density at radius 1 is 1.39 bits per heavy atom. The number of hydrogen-bond acceptors (Lipinski definition) is 3. The normalized spacial score (nSPS) is 18.0. The lowest BCUT2D eigenvalue weighted by atomic mass is 9.97. The third kappa shape index (κ3) is 1.98. The average molecular weight is 240 g/mol. The molecular formula is C14H16N4. The van der Waals surface area contributed by atoms with Crippen LogP contribution < -0.4 is 0 Å². The Bertz CT molecular complexity index is 600. The van der Waals surface area contributed by atoms with Crippen LogP contribution in [0, 0.1) is 11.3 Å². The van der Waals surface area contributed by atoms with Crippen LogP contribution in [0.1, 0.15) is 30.1 Å². The van der Waals surface area contributed by atoms with Crippen LogP contribution in [0.4, 0.5) is 0 Å². The molecule has 0 atom stereocenters. The number of fused-ring (bicyclic) bond motifs is 1. The monoisotopic (exact) mass is 240 g/mol. The van der Waals surface area contributed by atoms with Gasteiger partial charge in [-0.3, -0.25) is 0 Å². The van der Waals surface area contributed by atoms with Gasteiger partial charge >= 0.3 is 0 Å². The molecule has 4 heteroatoms. The van der Waals surface area contributed by atoms with Crippen molar-refractivity contribution in [3.8, 4) is 6.07 Å². The standard InChI is InChI=1S/C14H16N4/c1-18-6-4-11(5-7-18)14-16-12-3-2-10(9-15)8-13(12)17-14/h2-3,8,11H,4-7H2,1H3,(H,16,17). The molecule has 0 radical (unpaired) electrons. The molecule has 4 nitrogen and oxygen atoms in total. The van der Waals surface area contributed by atoms with Crippen molar-refractivity contribution in [2.75, 3.05) is 20.1 Å². The van der Waals surface area contributed by atoms with Crippen molar-refractivity contribution >= 4 is 11.0 Å². The van der Waals surface area contributed by atoms with Crippen LogP contribution in [0.5, 0.6) is 0 Å². The molecule has 0 bridgehead atoms. The minimum absolute atomic E-state index is 0.527. The molecule has 2 aromatic rings. The van der Waals surface area contributed by atoms with E-state index in [0.717, 1.165) is 42.8 Å². The number of aromatic amines is 1. The Morgan fingerprint density at radius 2 is 2.17 bits per heavy atom. The molecule has 18 heavy (non-hydrogen) atoms. The van der Waals surface area contributed by atoms with Gasteiger partial charge in [0, 0.05) is 5.92 Å². The van der Waals surface area contributed by atoms with Crippen LogP contribution in [0.3, 0.4) is 0 Å². The van der Waals surface area contributed by atoms with Gasteiger partial charge in [-0.2, -0.15) is 5.26 Å². The summed E-state index contributed by atoms with van der Waals surface area (Å²) in [4.78, 5) is 10.4. The van der Waals surface area contributed by atoms with E-state index in [2.05, 4.69) is 28.0 Å². The summed E-state index contributed by atoms with van der Waals surface area (Å²) in [5.74, 6) is 1.60.